The number of carboxylic acid groups (broad SMARTS) is 1. The zero-order chi connectivity index (χ0) is 13.2. The summed E-state index contributed by atoms with van der Waals surface area (Å²) in [6.07, 6.45) is 2.23. The molecule has 0 radical (unpaired) electrons. The quantitative estimate of drug-likeness (QED) is 0.885. The van der Waals surface area contributed by atoms with Crippen LogP contribution in [0.4, 0.5) is 0 Å². The van der Waals surface area contributed by atoms with E-state index >= 15 is 0 Å². The summed E-state index contributed by atoms with van der Waals surface area (Å²) >= 11 is 4.88. The Balaban J connectivity index is 2.17. The second-order valence-electron chi connectivity index (χ2n) is 4.05. The van der Waals surface area contributed by atoms with Gasteiger partial charge in [0.05, 0.1) is 10.7 Å². The maximum atomic E-state index is 12.0. The van der Waals surface area contributed by atoms with Crippen LogP contribution in [-0.2, 0) is 4.79 Å². The molecule has 0 atom stereocenters. The summed E-state index contributed by atoms with van der Waals surface area (Å²) in [7, 11) is 0. The number of halogens is 1. The van der Waals surface area contributed by atoms with Crippen molar-refractivity contribution < 1.29 is 19.1 Å². The molecule has 1 aromatic heterocycles. The van der Waals surface area contributed by atoms with Crippen LogP contribution in [0.2, 0.25) is 0 Å². The molecule has 1 aliphatic heterocycles. The number of hydrogen-bond donors (Lipinski definition) is 2. The van der Waals surface area contributed by atoms with Crippen LogP contribution < -0.4 is 5.32 Å². The van der Waals surface area contributed by atoms with Crippen molar-refractivity contribution in [2.45, 2.75) is 18.4 Å². The molecule has 1 fully saturated rings. The highest BCUT2D eigenvalue weighted by molar-refractivity contribution is 9.10. The molecule has 1 saturated heterocycles. The SMILES string of the molecule is O=C(NC1(C(=O)O)CCSCC1)c1occc1Br. The summed E-state index contributed by atoms with van der Waals surface area (Å²) in [5.74, 6) is 0.0755. The van der Waals surface area contributed by atoms with E-state index in [1.165, 1.54) is 6.26 Å². The van der Waals surface area contributed by atoms with E-state index < -0.39 is 17.4 Å². The van der Waals surface area contributed by atoms with Crippen molar-refractivity contribution in [1.29, 1.82) is 0 Å². The summed E-state index contributed by atoms with van der Waals surface area (Å²) in [4.78, 5) is 23.4. The lowest BCUT2D eigenvalue weighted by atomic mass is 9.92. The van der Waals surface area contributed by atoms with Crippen LogP contribution in [-0.4, -0.2) is 34.0 Å². The predicted molar refractivity (Wildman–Crippen MR) is 70.8 cm³/mol. The van der Waals surface area contributed by atoms with Crippen molar-refractivity contribution in [2.24, 2.45) is 0 Å². The van der Waals surface area contributed by atoms with Crippen LogP contribution in [0, 0.1) is 0 Å². The van der Waals surface area contributed by atoms with Crippen LogP contribution in [0.1, 0.15) is 23.4 Å². The van der Waals surface area contributed by atoms with E-state index in [4.69, 9.17) is 4.42 Å². The first-order valence-corrected chi connectivity index (χ1v) is 7.36. The number of carboxylic acids is 1. The second kappa shape index (κ2) is 5.36. The van der Waals surface area contributed by atoms with Crippen molar-refractivity contribution in [3.63, 3.8) is 0 Å². The lowest BCUT2D eigenvalue weighted by Crippen LogP contribution is -2.56. The van der Waals surface area contributed by atoms with Gasteiger partial charge in [0.25, 0.3) is 5.91 Å². The third kappa shape index (κ3) is 2.56. The smallest absolute Gasteiger partial charge is 0.329 e. The highest BCUT2D eigenvalue weighted by Gasteiger charge is 2.42. The molecule has 0 aliphatic carbocycles. The number of nitrogens with one attached hydrogen (secondary N) is 1. The maximum absolute atomic E-state index is 12.0. The first-order chi connectivity index (χ1) is 8.55. The molecule has 98 valence electrons. The van der Waals surface area contributed by atoms with Crippen LogP contribution >= 0.6 is 27.7 Å². The molecular formula is C11H12BrNO4S. The second-order valence-corrected chi connectivity index (χ2v) is 6.13. The zero-order valence-electron chi connectivity index (χ0n) is 9.44. The molecule has 5 nitrogen and oxygen atoms in total. The van der Waals surface area contributed by atoms with Gasteiger partial charge in [0.2, 0.25) is 5.76 Å². The van der Waals surface area contributed by atoms with Crippen LogP contribution in [0.3, 0.4) is 0 Å². The largest absolute Gasteiger partial charge is 0.480 e. The van der Waals surface area contributed by atoms with Gasteiger partial charge in [0, 0.05) is 0 Å². The van der Waals surface area contributed by atoms with E-state index in [1.807, 2.05) is 0 Å². The summed E-state index contributed by atoms with van der Waals surface area (Å²) < 4.78 is 5.55. The van der Waals surface area contributed by atoms with E-state index in [0.717, 1.165) is 11.5 Å². The maximum Gasteiger partial charge on any atom is 0.329 e. The molecule has 18 heavy (non-hydrogen) atoms. The van der Waals surface area contributed by atoms with Crippen molar-refractivity contribution in [1.82, 2.24) is 5.32 Å². The van der Waals surface area contributed by atoms with E-state index in [1.54, 1.807) is 17.8 Å². The third-order valence-corrected chi connectivity index (χ3v) is 4.54. The fraction of sp³-hybridized carbons (Fsp3) is 0.455. The van der Waals surface area contributed by atoms with Gasteiger partial charge in [-0.15, -0.1) is 0 Å². The third-order valence-electron chi connectivity index (χ3n) is 2.93. The van der Waals surface area contributed by atoms with Gasteiger partial charge >= 0.3 is 5.97 Å². The van der Waals surface area contributed by atoms with Gasteiger partial charge in [0.15, 0.2) is 0 Å². The minimum Gasteiger partial charge on any atom is -0.480 e. The van der Waals surface area contributed by atoms with Crippen molar-refractivity contribution >= 4 is 39.6 Å². The fourth-order valence-corrected chi connectivity index (χ4v) is 3.41. The molecule has 0 saturated carbocycles. The Kier molecular flexibility index (Phi) is 4.01. The summed E-state index contributed by atoms with van der Waals surface area (Å²) in [6, 6.07) is 1.60. The molecule has 1 amide bonds. The van der Waals surface area contributed by atoms with Crippen molar-refractivity contribution in [2.75, 3.05) is 11.5 Å². The topological polar surface area (TPSA) is 79.5 Å². The van der Waals surface area contributed by atoms with E-state index in [2.05, 4.69) is 21.2 Å². The Morgan fingerprint density at radius 3 is 2.61 bits per heavy atom. The fourth-order valence-electron chi connectivity index (χ4n) is 1.84. The molecule has 0 aromatic carbocycles. The normalized spacial score (nSPS) is 18.3. The van der Waals surface area contributed by atoms with Gasteiger partial charge in [-0.1, -0.05) is 0 Å². The first kappa shape index (κ1) is 13.5. The van der Waals surface area contributed by atoms with Gasteiger partial charge in [0.1, 0.15) is 5.54 Å². The molecule has 7 heteroatoms. The molecule has 2 heterocycles. The number of carbonyl (C=O) groups is 2. The Labute approximate surface area is 116 Å². The van der Waals surface area contributed by atoms with Gasteiger partial charge in [-0.2, -0.15) is 11.8 Å². The first-order valence-electron chi connectivity index (χ1n) is 5.42. The zero-order valence-corrected chi connectivity index (χ0v) is 11.8. The number of rotatable bonds is 3. The standard InChI is InChI=1S/C11H12BrNO4S/c12-7-1-4-17-8(7)9(14)13-11(10(15)16)2-5-18-6-3-11/h1,4H,2-3,5-6H2,(H,13,14)(H,15,16). The Morgan fingerprint density at radius 2 is 2.11 bits per heavy atom. The molecule has 2 N–H and O–H groups in total. The van der Waals surface area contributed by atoms with Gasteiger partial charge in [-0.25, -0.2) is 4.79 Å². The number of thioether (sulfide) groups is 1. The van der Waals surface area contributed by atoms with Gasteiger partial charge < -0.3 is 14.8 Å². The van der Waals surface area contributed by atoms with E-state index in [9.17, 15) is 14.7 Å². The molecule has 1 aromatic rings. The van der Waals surface area contributed by atoms with Crippen LogP contribution in [0.5, 0.6) is 0 Å². The monoisotopic (exact) mass is 333 g/mol. The number of hydrogen-bond acceptors (Lipinski definition) is 4. The Bertz CT molecular complexity index is 467. The molecule has 0 unspecified atom stereocenters. The van der Waals surface area contributed by atoms with Crippen LogP contribution in [0.25, 0.3) is 0 Å². The summed E-state index contributed by atoms with van der Waals surface area (Å²) in [5.41, 5.74) is -1.17. The number of carbonyl (C=O) groups excluding carboxylic acids is 1. The number of amides is 1. The average Bonchev–Trinajstić information content (AvgIpc) is 2.76. The highest BCUT2D eigenvalue weighted by atomic mass is 79.9. The molecule has 2 rings (SSSR count). The van der Waals surface area contributed by atoms with Gasteiger partial charge in [-0.3, -0.25) is 4.79 Å². The molecular weight excluding hydrogens is 322 g/mol. The average molecular weight is 334 g/mol. The minimum atomic E-state index is -1.17. The van der Waals surface area contributed by atoms with Crippen LogP contribution in [0.15, 0.2) is 21.2 Å². The summed E-state index contributed by atoms with van der Waals surface area (Å²) in [6.45, 7) is 0. The number of aliphatic carboxylic acids is 1. The predicted octanol–water partition coefficient (Wildman–Crippen LogP) is 2.12. The van der Waals surface area contributed by atoms with Crippen molar-refractivity contribution in [3.05, 3.63) is 22.6 Å². The lowest BCUT2D eigenvalue weighted by molar-refractivity contribution is -0.144. The lowest BCUT2D eigenvalue weighted by Gasteiger charge is -2.33. The van der Waals surface area contributed by atoms with Gasteiger partial charge in [-0.05, 0) is 46.3 Å². The Morgan fingerprint density at radius 1 is 1.44 bits per heavy atom. The van der Waals surface area contributed by atoms with Crippen molar-refractivity contribution in [3.8, 4) is 0 Å². The molecule has 0 spiro atoms. The summed E-state index contributed by atoms with van der Waals surface area (Å²) in [5, 5.41) is 11.9. The number of furan rings is 1. The minimum absolute atomic E-state index is 0.105. The molecule has 1 aliphatic rings. The van der Waals surface area contributed by atoms with E-state index in [0.29, 0.717) is 17.3 Å². The van der Waals surface area contributed by atoms with E-state index in [-0.39, 0.29) is 5.76 Å². The molecule has 0 bridgehead atoms. The highest BCUT2D eigenvalue weighted by Crippen LogP contribution is 2.28. The Hall–Kier alpha value is -0.950.